The molecule has 0 aliphatic carbocycles. The Morgan fingerprint density at radius 3 is 2.05 bits per heavy atom. The first-order chi connectivity index (χ1) is 8.97. The van der Waals surface area contributed by atoms with E-state index in [1.165, 1.54) is 5.56 Å². The molecule has 0 amide bonds. The Kier molecular flexibility index (Phi) is 6.06. The Balaban J connectivity index is 2.90. The number of anilines is 2. The van der Waals surface area contributed by atoms with Crippen molar-refractivity contribution in [1.82, 2.24) is 9.97 Å². The molecule has 1 aromatic heterocycles. The molecule has 0 fully saturated rings. The van der Waals surface area contributed by atoms with E-state index in [1.54, 1.807) is 6.33 Å². The minimum Gasteiger partial charge on any atom is -0.370 e. The van der Waals surface area contributed by atoms with Crippen molar-refractivity contribution in [2.24, 2.45) is 11.8 Å². The van der Waals surface area contributed by atoms with E-state index in [-0.39, 0.29) is 0 Å². The van der Waals surface area contributed by atoms with E-state index < -0.39 is 0 Å². The Labute approximate surface area is 117 Å². The molecule has 0 aliphatic rings. The second-order valence-electron chi connectivity index (χ2n) is 5.77. The second kappa shape index (κ2) is 7.31. The highest BCUT2D eigenvalue weighted by molar-refractivity contribution is 5.58. The van der Waals surface area contributed by atoms with Gasteiger partial charge < -0.3 is 10.6 Å². The van der Waals surface area contributed by atoms with Gasteiger partial charge in [-0.1, -0.05) is 34.6 Å². The summed E-state index contributed by atoms with van der Waals surface area (Å²) in [5.74, 6) is 3.61. The highest BCUT2D eigenvalue weighted by atomic mass is 15.1. The summed E-state index contributed by atoms with van der Waals surface area (Å²) in [6.07, 6.45) is 1.63. The topological polar surface area (TPSA) is 49.8 Å². The normalized spacial score (nSPS) is 12.8. The van der Waals surface area contributed by atoms with E-state index in [4.69, 9.17) is 0 Å². The van der Waals surface area contributed by atoms with Gasteiger partial charge in [0.1, 0.15) is 18.0 Å². The lowest BCUT2D eigenvalue weighted by atomic mass is 9.98. The summed E-state index contributed by atoms with van der Waals surface area (Å²) in [4.78, 5) is 8.76. The summed E-state index contributed by atoms with van der Waals surface area (Å²) in [5, 5.41) is 6.80. The van der Waals surface area contributed by atoms with Crippen molar-refractivity contribution < 1.29 is 0 Å². The molecular weight excluding hydrogens is 236 g/mol. The number of nitrogens with one attached hydrogen (secondary N) is 2. The van der Waals surface area contributed by atoms with Crippen LogP contribution in [0.15, 0.2) is 6.33 Å². The van der Waals surface area contributed by atoms with E-state index >= 15 is 0 Å². The summed E-state index contributed by atoms with van der Waals surface area (Å²) in [6, 6.07) is 0. The van der Waals surface area contributed by atoms with E-state index in [1.807, 2.05) is 0 Å². The minimum atomic E-state index is 0.395. The van der Waals surface area contributed by atoms with Gasteiger partial charge in [0.2, 0.25) is 0 Å². The smallest absolute Gasteiger partial charge is 0.134 e. The van der Waals surface area contributed by atoms with Crippen LogP contribution in [-0.2, 0) is 0 Å². The first-order valence-corrected chi connectivity index (χ1v) is 7.29. The molecule has 1 unspecified atom stereocenters. The summed E-state index contributed by atoms with van der Waals surface area (Å²) in [7, 11) is 0. The highest BCUT2D eigenvalue weighted by Gasteiger charge is 2.15. The van der Waals surface area contributed by atoms with Crippen LogP contribution in [0.3, 0.4) is 0 Å². The Morgan fingerprint density at radius 2 is 1.58 bits per heavy atom. The zero-order valence-electron chi connectivity index (χ0n) is 13.1. The van der Waals surface area contributed by atoms with Gasteiger partial charge in [-0.15, -0.1) is 0 Å². The fourth-order valence-electron chi connectivity index (χ4n) is 1.88. The molecule has 0 bridgehead atoms. The standard InChI is InChI=1S/C15H28N4/c1-7-16-14-13(11(4)5)15(19-9-18-14)17-8-12(6)10(2)3/h9-12H,7-8H2,1-6H3,(H2,16,17,18,19). The van der Waals surface area contributed by atoms with Gasteiger partial charge in [-0.05, 0) is 24.7 Å². The van der Waals surface area contributed by atoms with Crippen LogP contribution < -0.4 is 10.6 Å². The summed E-state index contributed by atoms with van der Waals surface area (Å²) in [5.41, 5.74) is 1.18. The van der Waals surface area contributed by atoms with Crippen molar-refractivity contribution >= 4 is 11.6 Å². The molecule has 0 aromatic carbocycles. The zero-order valence-corrected chi connectivity index (χ0v) is 13.1. The molecule has 108 valence electrons. The average Bonchev–Trinajstić information content (AvgIpc) is 2.35. The van der Waals surface area contributed by atoms with Crippen LogP contribution in [0.25, 0.3) is 0 Å². The predicted molar refractivity (Wildman–Crippen MR) is 82.8 cm³/mol. The third-order valence-corrected chi connectivity index (χ3v) is 3.54. The number of rotatable bonds is 7. The maximum absolute atomic E-state index is 4.41. The predicted octanol–water partition coefficient (Wildman–Crippen LogP) is 3.74. The molecule has 4 nitrogen and oxygen atoms in total. The average molecular weight is 264 g/mol. The van der Waals surface area contributed by atoms with Crippen molar-refractivity contribution in [1.29, 1.82) is 0 Å². The van der Waals surface area contributed by atoms with Crippen LogP contribution in [0.5, 0.6) is 0 Å². The van der Waals surface area contributed by atoms with Crippen LogP contribution in [-0.4, -0.2) is 23.1 Å². The lowest BCUT2D eigenvalue weighted by molar-refractivity contribution is 0.439. The van der Waals surface area contributed by atoms with Crippen LogP contribution in [0, 0.1) is 11.8 Å². The van der Waals surface area contributed by atoms with Crippen molar-refractivity contribution in [3.05, 3.63) is 11.9 Å². The first-order valence-electron chi connectivity index (χ1n) is 7.29. The Bertz CT molecular complexity index is 388. The maximum Gasteiger partial charge on any atom is 0.134 e. The van der Waals surface area contributed by atoms with E-state index in [9.17, 15) is 0 Å². The quantitative estimate of drug-likeness (QED) is 0.787. The number of hydrogen-bond acceptors (Lipinski definition) is 4. The molecule has 2 N–H and O–H groups in total. The lowest BCUT2D eigenvalue weighted by Crippen LogP contribution is -2.19. The van der Waals surface area contributed by atoms with Crippen LogP contribution in [0.2, 0.25) is 0 Å². The van der Waals surface area contributed by atoms with Gasteiger partial charge in [0, 0.05) is 18.7 Å². The summed E-state index contributed by atoms with van der Waals surface area (Å²) in [6.45, 7) is 15.0. The minimum absolute atomic E-state index is 0.395. The van der Waals surface area contributed by atoms with Crippen molar-refractivity contribution in [2.75, 3.05) is 23.7 Å². The molecule has 0 saturated carbocycles. The fourth-order valence-corrected chi connectivity index (χ4v) is 1.88. The first kappa shape index (κ1) is 15.7. The fraction of sp³-hybridized carbons (Fsp3) is 0.733. The lowest BCUT2D eigenvalue weighted by Gasteiger charge is -2.20. The van der Waals surface area contributed by atoms with Crippen LogP contribution in [0.1, 0.15) is 53.0 Å². The molecule has 0 radical (unpaired) electrons. The van der Waals surface area contributed by atoms with E-state index in [2.05, 4.69) is 62.1 Å². The molecule has 0 aliphatic heterocycles. The molecule has 1 atom stereocenters. The summed E-state index contributed by atoms with van der Waals surface area (Å²) >= 11 is 0. The zero-order chi connectivity index (χ0) is 14.4. The number of hydrogen-bond donors (Lipinski definition) is 2. The third-order valence-electron chi connectivity index (χ3n) is 3.54. The molecular formula is C15H28N4. The molecule has 0 saturated heterocycles. The highest BCUT2D eigenvalue weighted by Crippen LogP contribution is 2.28. The van der Waals surface area contributed by atoms with Crippen molar-refractivity contribution in [2.45, 2.75) is 47.5 Å². The molecule has 1 heterocycles. The van der Waals surface area contributed by atoms with Crippen molar-refractivity contribution in [3.63, 3.8) is 0 Å². The number of aromatic nitrogens is 2. The largest absolute Gasteiger partial charge is 0.370 e. The Hall–Kier alpha value is -1.32. The maximum atomic E-state index is 4.41. The SMILES string of the molecule is CCNc1ncnc(NCC(C)C(C)C)c1C(C)C. The summed E-state index contributed by atoms with van der Waals surface area (Å²) < 4.78 is 0. The molecule has 0 spiro atoms. The molecule has 19 heavy (non-hydrogen) atoms. The molecule has 4 heteroatoms. The second-order valence-corrected chi connectivity index (χ2v) is 5.77. The van der Waals surface area contributed by atoms with E-state index in [0.717, 1.165) is 24.7 Å². The van der Waals surface area contributed by atoms with Crippen LogP contribution >= 0.6 is 0 Å². The number of nitrogens with zero attached hydrogens (tertiary/aromatic N) is 2. The molecule has 1 rings (SSSR count). The third kappa shape index (κ3) is 4.37. The van der Waals surface area contributed by atoms with Gasteiger partial charge in [0.25, 0.3) is 0 Å². The van der Waals surface area contributed by atoms with Crippen LogP contribution in [0.4, 0.5) is 11.6 Å². The van der Waals surface area contributed by atoms with Gasteiger partial charge in [0.15, 0.2) is 0 Å². The van der Waals surface area contributed by atoms with Crippen molar-refractivity contribution in [3.8, 4) is 0 Å². The monoisotopic (exact) mass is 264 g/mol. The van der Waals surface area contributed by atoms with Gasteiger partial charge in [-0.2, -0.15) is 0 Å². The molecule has 1 aromatic rings. The van der Waals surface area contributed by atoms with Gasteiger partial charge in [-0.25, -0.2) is 9.97 Å². The Morgan fingerprint density at radius 1 is 1.00 bits per heavy atom. The van der Waals surface area contributed by atoms with Gasteiger partial charge in [-0.3, -0.25) is 0 Å². The van der Waals surface area contributed by atoms with E-state index in [0.29, 0.717) is 17.8 Å². The van der Waals surface area contributed by atoms with Gasteiger partial charge >= 0.3 is 0 Å². The van der Waals surface area contributed by atoms with Gasteiger partial charge in [0.05, 0.1) is 0 Å².